The molecule has 0 unspecified atom stereocenters. The van der Waals surface area contributed by atoms with Gasteiger partial charge in [0.15, 0.2) is 5.82 Å². The lowest BCUT2D eigenvalue weighted by Gasteiger charge is -2.16. The van der Waals surface area contributed by atoms with Crippen LogP contribution in [0.4, 0.5) is 11.5 Å². The molecule has 0 atom stereocenters. The van der Waals surface area contributed by atoms with E-state index >= 15 is 0 Å². The van der Waals surface area contributed by atoms with Gasteiger partial charge in [0.25, 0.3) is 0 Å². The number of nitriles is 1. The number of rotatable bonds is 2. The smallest absolute Gasteiger partial charge is 0.346 e. The predicted molar refractivity (Wildman–Crippen MR) is 68.8 cm³/mol. The number of aliphatic imine (C=N–C) groups is 1. The number of hydrogen-bond acceptors (Lipinski definition) is 6. The fourth-order valence-corrected chi connectivity index (χ4v) is 2.05. The van der Waals surface area contributed by atoms with E-state index in [0.29, 0.717) is 34.3 Å². The van der Waals surface area contributed by atoms with E-state index in [0.717, 1.165) is 0 Å². The van der Waals surface area contributed by atoms with E-state index in [4.69, 9.17) is 5.26 Å². The summed E-state index contributed by atoms with van der Waals surface area (Å²) in [6.07, 6.45) is 2.10. The van der Waals surface area contributed by atoms with Gasteiger partial charge in [-0.2, -0.15) is 10.2 Å². The van der Waals surface area contributed by atoms with E-state index in [1.807, 2.05) is 6.07 Å². The van der Waals surface area contributed by atoms with Gasteiger partial charge in [0, 0.05) is 5.56 Å². The molecule has 0 saturated carbocycles. The Morgan fingerprint density at radius 3 is 3.05 bits per heavy atom. The fraction of sp³-hybridized carbons (Fsp3) is 0.0833. The number of carbonyl (C=O) groups is 1. The monoisotopic (exact) mass is 253 g/mol. The maximum Gasteiger partial charge on any atom is 0.350 e. The number of aldehydes is 1. The molecule has 2 heterocycles. The van der Waals surface area contributed by atoms with Crippen molar-refractivity contribution < 1.29 is 4.79 Å². The molecule has 1 aromatic carbocycles. The summed E-state index contributed by atoms with van der Waals surface area (Å²) in [6.45, 7) is -0.122. The van der Waals surface area contributed by atoms with Gasteiger partial charge in [0.1, 0.15) is 12.8 Å². The van der Waals surface area contributed by atoms with Crippen molar-refractivity contribution in [2.45, 2.75) is 6.54 Å². The van der Waals surface area contributed by atoms with E-state index in [9.17, 15) is 9.59 Å². The van der Waals surface area contributed by atoms with Crippen molar-refractivity contribution >= 4 is 35.0 Å². The highest BCUT2D eigenvalue weighted by atomic mass is 16.1. The van der Waals surface area contributed by atoms with Crippen LogP contribution < -0.4 is 11.0 Å². The number of nitrogens with one attached hydrogen (secondary N) is 1. The second-order valence-electron chi connectivity index (χ2n) is 3.95. The minimum Gasteiger partial charge on any atom is -0.346 e. The van der Waals surface area contributed by atoms with E-state index in [1.165, 1.54) is 17.0 Å². The summed E-state index contributed by atoms with van der Waals surface area (Å²) in [5, 5.41) is 12.3. The normalized spacial score (nSPS) is 11.9. The standard InChI is InChI=1S/C12H7N5O2/c13-1-2-17-11-10-8(14-6-15-11)3-7(5-18)4-9(10)16-12(17)19/h3-6H,2H2,(H,14,15). The van der Waals surface area contributed by atoms with Crippen LogP contribution in [0.25, 0.3) is 10.9 Å². The fourth-order valence-electron chi connectivity index (χ4n) is 2.05. The zero-order chi connectivity index (χ0) is 13.4. The van der Waals surface area contributed by atoms with Gasteiger partial charge in [0.05, 0.1) is 29.0 Å². The zero-order valence-electron chi connectivity index (χ0n) is 9.62. The van der Waals surface area contributed by atoms with Gasteiger partial charge >= 0.3 is 5.69 Å². The Bertz CT molecular complexity index is 829. The first-order valence-electron chi connectivity index (χ1n) is 5.44. The third kappa shape index (κ3) is 1.58. The zero-order valence-corrected chi connectivity index (χ0v) is 9.62. The topological polar surface area (TPSA) is 100 Å². The SMILES string of the molecule is N#CCn1c2c3c(cc(C=O)cc3nc1=O)NC=N2. The first-order valence-corrected chi connectivity index (χ1v) is 5.44. The van der Waals surface area contributed by atoms with Crippen molar-refractivity contribution in [1.82, 2.24) is 9.55 Å². The molecule has 2 aromatic rings. The molecular weight excluding hydrogens is 246 g/mol. The molecule has 1 N–H and O–H groups in total. The maximum absolute atomic E-state index is 11.9. The molecule has 3 rings (SSSR count). The number of anilines is 1. The van der Waals surface area contributed by atoms with Gasteiger partial charge in [-0.15, -0.1) is 0 Å². The summed E-state index contributed by atoms with van der Waals surface area (Å²) >= 11 is 0. The molecule has 1 aromatic heterocycles. The molecule has 7 heteroatoms. The molecule has 0 saturated heterocycles. The lowest BCUT2D eigenvalue weighted by Crippen LogP contribution is -2.24. The highest BCUT2D eigenvalue weighted by molar-refractivity contribution is 6.07. The Morgan fingerprint density at radius 1 is 1.47 bits per heavy atom. The molecule has 1 aliphatic rings. The number of hydrogen-bond donors (Lipinski definition) is 1. The minimum absolute atomic E-state index is 0.122. The average molecular weight is 253 g/mol. The predicted octanol–water partition coefficient (Wildman–Crippen LogP) is 0.818. The first-order chi connectivity index (χ1) is 9.24. The molecule has 0 fully saturated rings. The quantitative estimate of drug-likeness (QED) is 0.798. The van der Waals surface area contributed by atoms with Crippen molar-refractivity contribution in [3.63, 3.8) is 0 Å². The molecule has 19 heavy (non-hydrogen) atoms. The van der Waals surface area contributed by atoms with Crippen LogP contribution in [0.1, 0.15) is 10.4 Å². The molecular formula is C12H7N5O2. The third-order valence-corrected chi connectivity index (χ3v) is 2.84. The second-order valence-corrected chi connectivity index (χ2v) is 3.95. The lowest BCUT2D eigenvalue weighted by atomic mass is 10.1. The summed E-state index contributed by atoms with van der Waals surface area (Å²) in [5.74, 6) is 0.378. The molecule has 0 bridgehead atoms. The van der Waals surface area contributed by atoms with E-state index < -0.39 is 5.69 Å². The van der Waals surface area contributed by atoms with Crippen LogP contribution in [0.3, 0.4) is 0 Å². The van der Waals surface area contributed by atoms with Gasteiger partial charge in [-0.05, 0) is 12.1 Å². The number of carbonyl (C=O) groups excluding carboxylic acids is 1. The summed E-state index contributed by atoms with van der Waals surface area (Å²) in [4.78, 5) is 30.7. The van der Waals surface area contributed by atoms with Gasteiger partial charge in [0.2, 0.25) is 0 Å². The summed E-state index contributed by atoms with van der Waals surface area (Å²) in [6, 6.07) is 5.07. The van der Waals surface area contributed by atoms with Crippen molar-refractivity contribution in [1.29, 1.82) is 5.26 Å². The number of nitrogens with zero attached hydrogens (tertiary/aromatic N) is 4. The summed E-state index contributed by atoms with van der Waals surface area (Å²) in [5.41, 5.74) is 0.889. The molecule has 7 nitrogen and oxygen atoms in total. The van der Waals surface area contributed by atoms with Gasteiger partial charge in [-0.3, -0.25) is 9.36 Å². The Labute approximate surface area is 106 Å². The van der Waals surface area contributed by atoms with Crippen LogP contribution >= 0.6 is 0 Å². The minimum atomic E-state index is -0.558. The average Bonchev–Trinajstić information content (AvgIpc) is 2.42. The van der Waals surface area contributed by atoms with Gasteiger partial charge in [-0.1, -0.05) is 0 Å². The van der Waals surface area contributed by atoms with Crippen molar-refractivity contribution in [2.24, 2.45) is 4.99 Å². The van der Waals surface area contributed by atoms with Crippen LogP contribution in [0, 0.1) is 11.3 Å². The summed E-state index contributed by atoms with van der Waals surface area (Å²) < 4.78 is 1.20. The van der Waals surface area contributed by atoms with Crippen molar-refractivity contribution in [2.75, 3.05) is 5.32 Å². The van der Waals surface area contributed by atoms with Crippen LogP contribution in [0.2, 0.25) is 0 Å². The molecule has 0 aliphatic carbocycles. The Balaban J connectivity index is 2.48. The molecule has 0 radical (unpaired) electrons. The van der Waals surface area contributed by atoms with E-state index in [2.05, 4.69) is 15.3 Å². The molecule has 0 amide bonds. The first kappa shape index (κ1) is 11.1. The van der Waals surface area contributed by atoms with E-state index in [1.54, 1.807) is 6.07 Å². The number of benzene rings is 1. The van der Waals surface area contributed by atoms with Crippen LogP contribution in [-0.2, 0) is 6.54 Å². The van der Waals surface area contributed by atoms with Crippen LogP contribution in [0.15, 0.2) is 21.9 Å². The third-order valence-electron chi connectivity index (χ3n) is 2.84. The Hall–Kier alpha value is -3.01. The largest absolute Gasteiger partial charge is 0.350 e. The lowest BCUT2D eigenvalue weighted by molar-refractivity contribution is 0.112. The van der Waals surface area contributed by atoms with Crippen LogP contribution in [-0.4, -0.2) is 22.2 Å². The molecule has 1 aliphatic heterocycles. The highest BCUT2D eigenvalue weighted by Gasteiger charge is 2.17. The maximum atomic E-state index is 11.9. The molecule has 92 valence electrons. The molecule has 0 spiro atoms. The van der Waals surface area contributed by atoms with Gasteiger partial charge in [-0.25, -0.2) is 9.79 Å². The Kier molecular flexibility index (Phi) is 2.35. The number of aromatic nitrogens is 2. The van der Waals surface area contributed by atoms with Crippen molar-refractivity contribution in [3.05, 3.63) is 28.2 Å². The Morgan fingerprint density at radius 2 is 2.32 bits per heavy atom. The van der Waals surface area contributed by atoms with Crippen LogP contribution in [0.5, 0.6) is 0 Å². The summed E-state index contributed by atoms with van der Waals surface area (Å²) in [7, 11) is 0. The van der Waals surface area contributed by atoms with Gasteiger partial charge < -0.3 is 5.32 Å². The van der Waals surface area contributed by atoms with Crippen molar-refractivity contribution in [3.8, 4) is 6.07 Å². The highest BCUT2D eigenvalue weighted by Crippen LogP contribution is 2.33. The second kappa shape index (κ2) is 4.03. The van der Waals surface area contributed by atoms with E-state index in [-0.39, 0.29) is 6.54 Å².